The van der Waals surface area contributed by atoms with Crippen molar-refractivity contribution in [1.82, 2.24) is 0 Å². The summed E-state index contributed by atoms with van der Waals surface area (Å²) in [6, 6.07) is 25.0. The van der Waals surface area contributed by atoms with Crippen LogP contribution < -0.4 is 10.6 Å². The Kier molecular flexibility index (Phi) is 8.36. The number of nitrogens with one attached hydrogen (secondary N) is 2. The lowest BCUT2D eigenvalue weighted by atomic mass is 10.2. The third kappa shape index (κ3) is 6.55. The number of nitrogens with zero attached hydrogens (tertiary/aromatic N) is 2. The van der Waals surface area contributed by atoms with Gasteiger partial charge in [-0.1, -0.05) is 45.9 Å². The van der Waals surface area contributed by atoms with Gasteiger partial charge in [0.25, 0.3) is 23.2 Å². The predicted molar refractivity (Wildman–Crippen MR) is 147 cm³/mol. The first-order valence-electron chi connectivity index (χ1n) is 11.0. The van der Waals surface area contributed by atoms with E-state index in [0.29, 0.717) is 11.4 Å². The van der Waals surface area contributed by atoms with Gasteiger partial charge in [-0.3, -0.25) is 29.8 Å². The molecule has 0 radical (unpaired) electrons. The molecule has 0 aliphatic rings. The summed E-state index contributed by atoms with van der Waals surface area (Å²) in [6.07, 6.45) is 0. The molecule has 0 unspecified atom stereocenters. The van der Waals surface area contributed by atoms with Crippen molar-refractivity contribution in [3.05, 3.63) is 128 Å². The quantitative estimate of drug-likeness (QED) is 0.132. The molecule has 0 aliphatic carbocycles. The van der Waals surface area contributed by atoms with Gasteiger partial charge in [-0.05, 0) is 48.5 Å². The molecule has 0 heterocycles. The van der Waals surface area contributed by atoms with Crippen LogP contribution in [0, 0.1) is 20.2 Å². The first-order valence-corrected chi connectivity index (χ1v) is 13.1. The molecule has 2 amide bonds. The Morgan fingerprint density at radius 1 is 0.553 bits per heavy atom. The van der Waals surface area contributed by atoms with Crippen molar-refractivity contribution in [3.8, 4) is 0 Å². The van der Waals surface area contributed by atoms with Crippen LogP contribution >= 0.6 is 21.6 Å². The summed E-state index contributed by atoms with van der Waals surface area (Å²) in [5, 5.41) is 27.4. The van der Waals surface area contributed by atoms with Crippen LogP contribution in [0.4, 0.5) is 22.7 Å². The summed E-state index contributed by atoms with van der Waals surface area (Å²) in [7, 11) is 2.74. The summed E-state index contributed by atoms with van der Waals surface area (Å²) in [5.74, 6) is -0.817. The van der Waals surface area contributed by atoms with Gasteiger partial charge in [0.15, 0.2) is 0 Å². The van der Waals surface area contributed by atoms with E-state index in [4.69, 9.17) is 0 Å². The number of hydrogen-bond acceptors (Lipinski definition) is 8. The van der Waals surface area contributed by atoms with Crippen LogP contribution in [0.25, 0.3) is 0 Å². The van der Waals surface area contributed by atoms with E-state index in [1.54, 1.807) is 24.3 Å². The minimum atomic E-state index is -0.531. The Morgan fingerprint density at radius 2 is 0.895 bits per heavy atom. The van der Waals surface area contributed by atoms with Gasteiger partial charge in [0.2, 0.25) is 0 Å². The lowest BCUT2D eigenvalue weighted by Crippen LogP contribution is -2.12. The van der Waals surface area contributed by atoms with Crippen molar-refractivity contribution in [2.45, 2.75) is 9.79 Å². The molecular formula is C26H18N4O6S2. The van der Waals surface area contributed by atoms with Crippen molar-refractivity contribution in [1.29, 1.82) is 0 Å². The van der Waals surface area contributed by atoms with Crippen LogP contribution in [0.1, 0.15) is 20.7 Å². The van der Waals surface area contributed by atoms with E-state index in [0.717, 1.165) is 9.79 Å². The highest BCUT2D eigenvalue weighted by atomic mass is 33.1. The van der Waals surface area contributed by atoms with Gasteiger partial charge >= 0.3 is 0 Å². The van der Waals surface area contributed by atoms with Crippen molar-refractivity contribution in [2.75, 3.05) is 10.6 Å². The normalized spacial score (nSPS) is 10.4. The topological polar surface area (TPSA) is 144 Å². The molecule has 10 nitrogen and oxygen atoms in total. The second kappa shape index (κ2) is 12.0. The van der Waals surface area contributed by atoms with Gasteiger partial charge < -0.3 is 10.6 Å². The Labute approximate surface area is 224 Å². The largest absolute Gasteiger partial charge is 0.321 e. The molecular weight excluding hydrogens is 528 g/mol. The predicted octanol–water partition coefficient (Wildman–Crippen LogP) is 6.81. The standard InChI is InChI=1S/C26H18N4O6S2/c31-25(17-9-13-19(14-10-17)29(33)34)27-21-5-1-3-7-23(21)37-38-24-8-4-2-6-22(24)28-26(32)18-11-15-20(16-12-18)30(35)36/h1-16H,(H,27,31)(H,28,32). The van der Waals surface area contributed by atoms with Crippen LogP contribution in [0.3, 0.4) is 0 Å². The number of para-hydroxylation sites is 2. The minimum absolute atomic E-state index is 0.103. The van der Waals surface area contributed by atoms with E-state index < -0.39 is 21.7 Å². The van der Waals surface area contributed by atoms with Crippen LogP contribution in [-0.4, -0.2) is 21.7 Å². The molecule has 4 aromatic carbocycles. The molecule has 12 heteroatoms. The maximum absolute atomic E-state index is 12.7. The average Bonchev–Trinajstić information content (AvgIpc) is 2.93. The highest BCUT2D eigenvalue weighted by Crippen LogP contribution is 2.43. The number of carbonyl (C=O) groups is 2. The zero-order valence-electron chi connectivity index (χ0n) is 19.4. The number of nitro groups is 2. The summed E-state index contributed by atoms with van der Waals surface area (Å²) < 4.78 is 0. The first-order chi connectivity index (χ1) is 18.3. The van der Waals surface area contributed by atoms with Crippen LogP contribution in [-0.2, 0) is 0 Å². The fourth-order valence-corrected chi connectivity index (χ4v) is 5.51. The SMILES string of the molecule is O=C(Nc1ccccc1SSc1ccccc1NC(=O)c1ccc([N+](=O)[O-])cc1)c1ccc([N+](=O)[O-])cc1. The third-order valence-electron chi connectivity index (χ3n) is 5.17. The molecule has 0 saturated carbocycles. The monoisotopic (exact) mass is 546 g/mol. The Morgan fingerprint density at radius 3 is 1.24 bits per heavy atom. The number of anilines is 2. The zero-order valence-corrected chi connectivity index (χ0v) is 21.0. The number of nitro benzene ring substituents is 2. The number of non-ortho nitro benzene ring substituents is 2. The number of benzene rings is 4. The lowest BCUT2D eigenvalue weighted by Gasteiger charge is -2.13. The average molecular weight is 547 g/mol. The second-order valence-corrected chi connectivity index (χ2v) is 9.89. The molecule has 0 bridgehead atoms. The van der Waals surface area contributed by atoms with E-state index in [9.17, 15) is 29.8 Å². The fraction of sp³-hybridized carbons (Fsp3) is 0. The number of carbonyl (C=O) groups excluding carboxylic acids is 2. The van der Waals surface area contributed by atoms with Gasteiger partial charge in [-0.25, -0.2) is 0 Å². The van der Waals surface area contributed by atoms with Crippen LogP contribution in [0.2, 0.25) is 0 Å². The molecule has 2 N–H and O–H groups in total. The van der Waals surface area contributed by atoms with E-state index in [1.165, 1.54) is 70.1 Å². The molecule has 0 aliphatic heterocycles. The van der Waals surface area contributed by atoms with Crippen molar-refractivity contribution < 1.29 is 19.4 Å². The van der Waals surface area contributed by atoms with Crippen molar-refractivity contribution >= 4 is 56.2 Å². The Balaban J connectivity index is 1.44. The second-order valence-electron chi connectivity index (χ2n) is 7.68. The number of hydrogen-bond donors (Lipinski definition) is 2. The van der Waals surface area contributed by atoms with Crippen molar-refractivity contribution in [3.63, 3.8) is 0 Å². The molecule has 0 fully saturated rings. The Bertz CT molecular complexity index is 1400. The maximum Gasteiger partial charge on any atom is 0.269 e. The summed E-state index contributed by atoms with van der Waals surface area (Å²) >= 11 is 0. The Hall–Kier alpha value is -4.68. The van der Waals surface area contributed by atoms with Gasteiger partial charge in [0.1, 0.15) is 0 Å². The van der Waals surface area contributed by atoms with E-state index in [2.05, 4.69) is 10.6 Å². The van der Waals surface area contributed by atoms with Gasteiger partial charge in [-0.15, -0.1) is 0 Å². The molecule has 38 heavy (non-hydrogen) atoms. The lowest BCUT2D eigenvalue weighted by molar-refractivity contribution is -0.385. The molecule has 0 aromatic heterocycles. The van der Waals surface area contributed by atoms with E-state index in [1.807, 2.05) is 24.3 Å². The van der Waals surface area contributed by atoms with Crippen LogP contribution in [0.5, 0.6) is 0 Å². The minimum Gasteiger partial charge on any atom is -0.321 e. The summed E-state index contributed by atoms with van der Waals surface area (Å²) in [6.45, 7) is 0. The van der Waals surface area contributed by atoms with Gasteiger partial charge in [0, 0.05) is 45.2 Å². The summed E-state index contributed by atoms with van der Waals surface area (Å²) in [4.78, 5) is 47.6. The zero-order chi connectivity index (χ0) is 27.1. The number of rotatable bonds is 9. The number of amides is 2. The van der Waals surface area contributed by atoms with Crippen LogP contribution in [0.15, 0.2) is 107 Å². The molecule has 0 spiro atoms. The molecule has 0 atom stereocenters. The maximum atomic E-state index is 12.7. The van der Waals surface area contributed by atoms with E-state index >= 15 is 0 Å². The highest BCUT2D eigenvalue weighted by molar-refractivity contribution is 8.76. The fourth-order valence-electron chi connectivity index (χ4n) is 3.23. The van der Waals surface area contributed by atoms with Crippen molar-refractivity contribution in [2.24, 2.45) is 0 Å². The summed E-state index contributed by atoms with van der Waals surface area (Å²) in [5.41, 5.74) is 1.47. The third-order valence-corrected chi connectivity index (χ3v) is 7.65. The first kappa shape index (κ1) is 26.4. The van der Waals surface area contributed by atoms with Gasteiger partial charge in [-0.2, -0.15) is 0 Å². The van der Waals surface area contributed by atoms with Gasteiger partial charge in [0.05, 0.1) is 21.2 Å². The molecule has 4 rings (SSSR count). The smallest absolute Gasteiger partial charge is 0.269 e. The molecule has 190 valence electrons. The van der Waals surface area contributed by atoms with E-state index in [-0.39, 0.29) is 22.5 Å². The molecule has 0 saturated heterocycles. The highest BCUT2D eigenvalue weighted by Gasteiger charge is 2.15. The molecule has 4 aromatic rings.